The molecular weight excluding hydrogens is 327 g/mol. The normalized spacial score (nSPS) is 13.8. The van der Waals surface area contributed by atoms with Gasteiger partial charge in [0.1, 0.15) is 6.04 Å². The second-order valence-corrected chi connectivity index (χ2v) is 5.24. The number of amides is 1. The van der Waals surface area contributed by atoms with E-state index in [2.05, 4.69) is 5.32 Å². The van der Waals surface area contributed by atoms with E-state index in [9.17, 15) is 18.4 Å². The second kappa shape index (κ2) is 7.56. The van der Waals surface area contributed by atoms with Crippen molar-refractivity contribution in [2.45, 2.75) is 31.7 Å². The first-order chi connectivity index (χ1) is 9.72. The lowest BCUT2D eigenvalue weighted by molar-refractivity contribution is -0.143. The van der Waals surface area contributed by atoms with Crippen LogP contribution in [0, 0.1) is 0 Å². The monoisotopic (exact) mass is 339 g/mol. The van der Waals surface area contributed by atoms with Crippen LogP contribution in [0.5, 0.6) is 0 Å². The van der Waals surface area contributed by atoms with Crippen molar-refractivity contribution < 1.29 is 23.5 Å². The molecule has 0 aliphatic carbocycles. The second-order valence-electron chi connectivity index (χ2n) is 4.42. The number of alkyl halides is 2. The van der Waals surface area contributed by atoms with Crippen molar-refractivity contribution in [1.29, 1.82) is 0 Å². The van der Waals surface area contributed by atoms with Gasteiger partial charge >= 0.3 is 5.97 Å². The lowest BCUT2D eigenvalue weighted by atomic mass is 10.00. The molecule has 1 amide bonds. The van der Waals surface area contributed by atoms with Gasteiger partial charge in [-0.3, -0.25) is 4.79 Å². The Kier molecular flexibility index (Phi) is 6.36. The molecule has 0 bridgehead atoms. The minimum Gasteiger partial charge on any atom is -0.480 e. The molecule has 0 heterocycles. The minimum absolute atomic E-state index is 0.246. The lowest BCUT2D eigenvalue weighted by Crippen LogP contribution is -2.43. The number of hydrogen-bond acceptors (Lipinski definition) is 2. The summed E-state index contributed by atoms with van der Waals surface area (Å²) >= 11 is 11.6. The van der Waals surface area contributed by atoms with Crippen molar-refractivity contribution in [3.05, 3.63) is 33.8 Å². The van der Waals surface area contributed by atoms with Gasteiger partial charge in [0, 0.05) is 6.42 Å². The predicted molar refractivity (Wildman–Crippen MR) is 75.1 cm³/mol. The van der Waals surface area contributed by atoms with Crippen LogP contribution in [0.15, 0.2) is 18.2 Å². The molecule has 0 saturated heterocycles. The standard InChI is InChI=1S/C13H13Cl2F2NO3/c1-6(7-2-3-8(14)9(15)4-7)12(19)18-10(13(20)21)5-11(16)17/h2-4,6,10-11H,5H2,1H3,(H,18,19)(H,20,21). The van der Waals surface area contributed by atoms with E-state index in [0.29, 0.717) is 10.6 Å². The van der Waals surface area contributed by atoms with E-state index in [0.717, 1.165) is 0 Å². The van der Waals surface area contributed by atoms with Gasteiger partial charge in [0.2, 0.25) is 12.3 Å². The molecule has 2 unspecified atom stereocenters. The van der Waals surface area contributed by atoms with Crippen molar-refractivity contribution in [2.24, 2.45) is 0 Å². The number of nitrogens with one attached hydrogen (secondary N) is 1. The zero-order valence-electron chi connectivity index (χ0n) is 10.9. The summed E-state index contributed by atoms with van der Waals surface area (Å²) in [6.45, 7) is 1.51. The topological polar surface area (TPSA) is 66.4 Å². The Bertz CT molecular complexity index is 540. The first-order valence-corrected chi connectivity index (χ1v) is 6.74. The van der Waals surface area contributed by atoms with Crippen LogP contribution in [-0.4, -0.2) is 29.5 Å². The maximum atomic E-state index is 12.3. The van der Waals surface area contributed by atoms with Crippen molar-refractivity contribution in [2.75, 3.05) is 0 Å². The molecule has 4 nitrogen and oxygen atoms in total. The molecule has 1 aromatic carbocycles. The summed E-state index contributed by atoms with van der Waals surface area (Å²) in [6.07, 6.45) is -3.78. The molecule has 0 saturated carbocycles. The molecule has 0 aromatic heterocycles. The fraction of sp³-hybridized carbons (Fsp3) is 0.385. The van der Waals surface area contributed by atoms with Crippen LogP contribution >= 0.6 is 23.2 Å². The number of rotatable bonds is 6. The first kappa shape index (κ1) is 17.7. The average molecular weight is 340 g/mol. The van der Waals surface area contributed by atoms with E-state index in [1.54, 1.807) is 6.07 Å². The Balaban J connectivity index is 2.81. The molecule has 0 fully saturated rings. The van der Waals surface area contributed by atoms with Crippen LogP contribution in [0.1, 0.15) is 24.8 Å². The molecule has 116 valence electrons. The number of carbonyl (C=O) groups excluding carboxylic acids is 1. The molecule has 0 spiro atoms. The number of carboxylic acid groups (broad SMARTS) is 1. The highest BCUT2D eigenvalue weighted by Crippen LogP contribution is 2.26. The molecule has 2 atom stereocenters. The maximum absolute atomic E-state index is 12.3. The van der Waals surface area contributed by atoms with Crippen molar-refractivity contribution in [3.8, 4) is 0 Å². The van der Waals surface area contributed by atoms with Crippen LogP contribution in [0.4, 0.5) is 8.78 Å². The maximum Gasteiger partial charge on any atom is 0.326 e. The van der Waals surface area contributed by atoms with Gasteiger partial charge in [-0.1, -0.05) is 29.3 Å². The number of benzene rings is 1. The van der Waals surface area contributed by atoms with E-state index < -0.39 is 36.7 Å². The molecule has 1 aromatic rings. The molecule has 8 heteroatoms. The molecular formula is C13H13Cl2F2NO3. The summed E-state index contributed by atoms with van der Waals surface area (Å²) < 4.78 is 24.5. The quantitative estimate of drug-likeness (QED) is 0.835. The van der Waals surface area contributed by atoms with Crippen molar-refractivity contribution in [3.63, 3.8) is 0 Å². The third kappa shape index (κ3) is 5.13. The SMILES string of the molecule is CC(C(=O)NC(CC(F)F)C(=O)O)c1ccc(Cl)c(Cl)c1. The minimum atomic E-state index is -2.83. The van der Waals surface area contributed by atoms with E-state index in [4.69, 9.17) is 28.3 Å². The predicted octanol–water partition coefficient (Wildman–Crippen LogP) is 3.32. The first-order valence-electron chi connectivity index (χ1n) is 5.98. The molecule has 1 rings (SSSR count). The smallest absolute Gasteiger partial charge is 0.326 e. The van der Waals surface area contributed by atoms with Gasteiger partial charge in [0.25, 0.3) is 0 Å². The summed E-state index contributed by atoms with van der Waals surface area (Å²) in [6, 6.07) is 2.89. The highest BCUT2D eigenvalue weighted by Gasteiger charge is 2.26. The van der Waals surface area contributed by atoms with Gasteiger partial charge in [-0.05, 0) is 24.6 Å². The number of carboxylic acids is 1. The third-order valence-corrected chi connectivity index (χ3v) is 3.60. The number of hydrogen-bond donors (Lipinski definition) is 2. The summed E-state index contributed by atoms with van der Waals surface area (Å²) in [5, 5.41) is 11.5. The Morgan fingerprint density at radius 2 is 1.90 bits per heavy atom. The van der Waals surface area contributed by atoms with Crippen LogP contribution in [0.2, 0.25) is 10.0 Å². The Hall–Kier alpha value is -1.40. The Labute approximate surface area is 130 Å². The van der Waals surface area contributed by atoms with Crippen molar-refractivity contribution in [1.82, 2.24) is 5.32 Å². The van der Waals surface area contributed by atoms with Crippen LogP contribution < -0.4 is 5.32 Å². The van der Waals surface area contributed by atoms with E-state index >= 15 is 0 Å². The molecule has 0 radical (unpaired) electrons. The summed E-state index contributed by atoms with van der Waals surface area (Å²) in [5.41, 5.74) is 0.503. The lowest BCUT2D eigenvalue weighted by Gasteiger charge is -2.18. The van der Waals surface area contributed by atoms with Crippen LogP contribution in [0.3, 0.4) is 0 Å². The number of halogens is 4. The van der Waals surface area contributed by atoms with Gasteiger partial charge in [0.15, 0.2) is 0 Å². The Morgan fingerprint density at radius 1 is 1.29 bits per heavy atom. The van der Waals surface area contributed by atoms with Gasteiger partial charge in [-0.25, -0.2) is 13.6 Å². The summed E-state index contributed by atoms with van der Waals surface area (Å²) in [4.78, 5) is 22.8. The number of aliphatic carboxylic acids is 1. The zero-order valence-corrected chi connectivity index (χ0v) is 12.5. The van der Waals surface area contributed by atoms with E-state index in [1.165, 1.54) is 19.1 Å². The van der Waals surface area contributed by atoms with Crippen LogP contribution in [-0.2, 0) is 9.59 Å². The largest absolute Gasteiger partial charge is 0.480 e. The van der Waals surface area contributed by atoms with Crippen LogP contribution in [0.25, 0.3) is 0 Å². The zero-order chi connectivity index (χ0) is 16.2. The molecule has 21 heavy (non-hydrogen) atoms. The van der Waals surface area contributed by atoms with Gasteiger partial charge < -0.3 is 10.4 Å². The van der Waals surface area contributed by atoms with Gasteiger partial charge in [0.05, 0.1) is 16.0 Å². The van der Waals surface area contributed by atoms with E-state index in [-0.39, 0.29) is 5.02 Å². The van der Waals surface area contributed by atoms with E-state index in [1.807, 2.05) is 0 Å². The van der Waals surface area contributed by atoms with Gasteiger partial charge in [-0.15, -0.1) is 0 Å². The fourth-order valence-electron chi connectivity index (χ4n) is 1.63. The molecule has 2 N–H and O–H groups in total. The Morgan fingerprint density at radius 3 is 2.38 bits per heavy atom. The number of carbonyl (C=O) groups is 2. The molecule has 0 aliphatic heterocycles. The highest BCUT2D eigenvalue weighted by molar-refractivity contribution is 6.42. The van der Waals surface area contributed by atoms with Crippen molar-refractivity contribution >= 4 is 35.1 Å². The highest BCUT2D eigenvalue weighted by atomic mass is 35.5. The third-order valence-electron chi connectivity index (χ3n) is 2.87. The average Bonchev–Trinajstić information content (AvgIpc) is 2.39. The summed E-state index contributed by atoms with van der Waals surface area (Å²) in [7, 11) is 0. The van der Waals surface area contributed by atoms with Gasteiger partial charge in [-0.2, -0.15) is 0 Å². The molecule has 0 aliphatic rings. The summed E-state index contributed by atoms with van der Waals surface area (Å²) in [5.74, 6) is -2.94. The fourth-order valence-corrected chi connectivity index (χ4v) is 1.94.